The molecule has 0 heterocycles. The maximum absolute atomic E-state index is 12.4. The quantitative estimate of drug-likeness (QED) is 0.835. The molecule has 0 radical (unpaired) electrons. The number of hydrogen-bond donors (Lipinski definition) is 2. The third-order valence-electron chi connectivity index (χ3n) is 4.31. The molecule has 20 heavy (non-hydrogen) atoms. The van der Waals surface area contributed by atoms with Crippen LogP contribution in [0.15, 0.2) is 24.3 Å². The first-order chi connectivity index (χ1) is 9.65. The molecule has 2 rings (SSSR count). The van der Waals surface area contributed by atoms with Gasteiger partial charge >= 0.3 is 0 Å². The Balaban J connectivity index is 1.82. The second kappa shape index (κ2) is 7.14. The summed E-state index contributed by atoms with van der Waals surface area (Å²) in [5.74, 6) is 0. The molecule has 112 valence electrons. The van der Waals surface area contributed by atoms with Gasteiger partial charge in [-0.3, -0.25) is 0 Å². The zero-order valence-electron chi connectivity index (χ0n) is 11.7. The fourth-order valence-electron chi connectivity index (χ4n) is 2.95. The minimum absolute atomic E-state index is 0.0150. The third-order valence-corrected chi connectivity index (χ3v) is 4.31. The highest BCUT2D eigenvalue weighted by Gasteiger charge is 2.30. The van der Waals surface area contributed by atoms with Crippen LogP contribution in [-0.4, -0.2) is 18.3 Å². The summed E-state index contributed by atoms with van der Waals surface area (Å²) >= 11 is 0. The monoisotopic (exact) mass is 283 g/mol. The summed E-state index contributed by atoms with van der Waals surface area (Å²) in [6.07, 6.45) is 3.37. The van der Waals surface area contributed by atoms with Gasteiger partial charge in [0.15, 0.2) is 0 Å². The summed E-state index contributed by atoms with van der Waals surface area (Å²) in [5.41, 5.74) is 1.08. The summed E-state index contributed by atoms with van der Waals surface area (Å²) < 4.78 is 24.9. The van der Waals surface area contributed by atoms with Crippen LogP contribution in [0.5, 0.6) is 0 Å². The molecule has 0 amide bonds. The van der Waals surface area contributed by atoms with Crippen LogP contribution >= 0.6 is 0 Å². The fourth-order valence-corrected chi connectivity index (χ4v) is 2.95. The van der Waals surface area contributed by atoms with Crippen LogP contribution in [-0.2, 0) is 6.54 Å². The number of halogens is 2. The predicted molar refractivity (Wildman–Crippen MR) is 75.7 cm³/mol. The van der Waals surface area contributed by atoms with Crippen LogP contribution in [0.4, 0.5) is 8.78 Å². The van der Waals surface area contributed by atoms with Crippen molar-refractivity contribution in [3.05, 3.63) is 35.4 Å². The number of benzene rings is 1. The molecule has 1 aliphatic carbocycles. The van der Waals surface area contributed by atoms with Crippen LogP contribution in [0.25, 0.3) is 0 Å². The third kappa shape index (κ3) is 4.00. The molecule has 1 aliphatic rings. The Hall–Kier alpha value is -1.00. The molecule has 1 aromatic carbocycles. The Morgan fingerprint density at radius 1 is 1.10 bits per heavy atom. The molecule has 0 unspecified atom stereocenters. The molecule has 1 saturated carbocycles. The highest BCUT2D eigenvalue weighted by molar-refractivity contribution is 5.23. The van der Waals surface area contributed by atoms with Crippen LogP contribution in [0.1, 0.15) is 49.7 Å². The van der Waals surface area contributed by atoms with Gasteiger partial charge in [0.2, 0.25) is 0 Å². The molecule has 1 fully saturated rings. The molecule has 0 bridgehead atoms. The van der Waals surface area contributed by atoms with Crippen LogP contribution in [0.3, 0.4) is 0 Å². The van der Waals surface area contributed by atoms with E-state index >= 15 is 0 Å². The van der Waals surface area contributed by atoms with Crippen molar-refractivity contribution in [2.45, 2.75) is 45.1 Å². The van der Waals surface area contributed by atoms with E-state index in [2.05, 4.69) is 5.32 Å². The van der Waals surface area contributed by atoms with E-state index < -0.39 is 6.43 Å². The van der Waals surface area contributed by atoms with Crippen molar-refractivity contribution in [2.75, 3.05) is 13.2 Å². The Kier molecular flexibility index (Phi) is 5.49. The van der Waals surface area contributed by atoms with Gasteiger partial charge in [0.1, 0.15) is 0 Å². The fraction of sp³-hybridized carbons (Fsp3) is 0.625. The van der Waals surface area contributed by atoms with Gasteiger partial charge in [-0.25, -0.2) is 8.78 Å². The molecule has 2 nitrogen and oxygen atoms in total. The second-order valence-electron chi connectivity index (χ2n) is 5.86. The van der Waals surface area contributed by atoms with Crippen molar-refractivity contribution < 1.29 is 13.9 Å². The van der Waals surface area contributed by atoms with Gasteiger partial charge in [-0.2, -0.15) is 0 Å². The van der Waals surface area contributed by atoms with Crippen LogP contribution in [0.2, 0.25) is 0 Å². The van der Waals surface area contributed by atoms with E-state index in [1.54, 1.807) is 12.1 Å². The SMILES string of the molecule is OCC1(CNCc2ccc(C(F)F)cc2)CCCCC1. The topological polar surface area (TPSA) is 32.3 Å². The van der Waals surface area contributed by atoms with Crippen LogP contribution in [0, 0.1) is 5.41 Å². The van der Waals surface area contributed by atoms with E-state index in [9.17, 15) is 13.9 Å². The van der Waals surface area contributed by atoms with Gasteiger partial charge in [0.05, 0.1) is 0 Å². The van der Waals surface area contributed by atoms with Gasteiger partial charge in [-0.15, -0.1) is 0 Å². The Morgan fingerprint density at radius 3 is 2.30 bits per heavy atom. The molecular weight excluding hydrogens is 260 g/mol. The lowest BCUT2D eigenvalue weighted by Crippen LogP contribution is -2.38. The maximum atomic E-state index is 12.4. The average molecular weight is 283 g/mol. The number of rotatable bonds is 6. The van der Waals surface area contributed by atoms with Gasteiger partial charge < -0.3 is 10.4 Å². The summed E-state index contributed by atoms with van der Waals surface area (Å²) in [7, 11) is 0. The van der Waals surface area contributed by atoms with E-state index in [1.165, 1.54) is 31.4 Å². The van der Waals surface area contributed by atoms with E-state index in [0.717, 1.165) is 24.9 Å². The first-order valence-electron chi connectivity index (χ1n) is 7.34. The number of nitrogens with one attached hydrogen (secondary N) is 1. The summed E-state index contributed by atoms with van der Waals surface area (Å²) in [6, 6.07) is 6.43. The summed E-state index contributed by atoms with van der Waals surface area (Å²) in [4.78, 5) is 0. The van der Waals surface area contributed by atoms with Gasteiger partial charge in [0, 0.05) is 30.7 Å². The Bertz CT molecular complexity index is 399. The van der Waals surface area contributed by atoms with E-state index in [1.807, 2.05) is 0 Å². The molecule has 0 saturated heterocycles. The first kappa shape index (κ1) is 15.4. The summed E-state index contributed by atoms with van der Waals surface area (Å²) in [6.45, 7) is 1.68. The number of alkyl halides is 2. The molecule has 1 aromatic rings. The van der Waals surface area contributed by atoms with Gasteiger partial charge in [-0.1, -0.05) is 43.5 Å². The highest BCUT2D eigenvalue weighted by Crippen LogP contribution is 2.35. The van der Waals surface area contributed by atoms with E-state index in [-0.39, 0.29) is 17.6 Å². The zero-order valence-corrected chi connectivity index (χ0v) is 11.7. The van der Waals surface area contributed by atoms with Crippen molar-refractivity contribution in [2.24, 2.45) is 5.41 Å². The lowest BCUT2D eigenvalue weighted by molar-refractivity contribution is 0.0810. The predicted octanol–water partition coefficient (Wildman–Crippen LogP) is 3.66. The smallest absolute Gasteiger partial charge is 0.263 e. The van der Waals surface area contributed by atoms with E-state index in [0.29, 0.717) is 6.54 Å². The van der Waals surface area contributed by atoms with Crippen molar-refractivity contribution in [1.82, 2.24) is 5.32 Å². The molecule has 0 atom stereocenters. The van der Waals surface area contributed by atoms with Crippen molar-refractivity contribution >= 4 is 0 Å². The number of hydrogen-bond acceptors (Lipinski definition) is 2. The van der Waals surface area contributed by atoms with Gasteiger partial charge in [-0.05, 0) is 18.4 Å². The Labute approximate surface area is 119 Å². The molecule has 0 aliphatic heterocycles. The first-order valence-corrected chi connectivity index (χ1v) is 7.34. The van der Waals surface area contributed by atoms with Crippen molar-refractivity contribution in [3.63, 3.8) is 0 Å². The largest absolute Gasteiger partial charge is 0.396 e. The van der Waals surface area contributed by atoms with E-state index in [4.69, 9.17) is 0 Å². The molecule has 0 spiro atoms. The molecular formula is C16H23F2NO. The molecule has 2 N–H and O–H groups in total. The normalized spacial score (nSPS) is 18.4. The zero-order chi connectivity index (χ0) is 14.4. The standard InChI is InChI=1S/C16H23F2NO/c17-15(18)14-6-4-13(5-7-14)10-19-11-16(12-20)8-2-1-3-9-16/h4-7,15,19-20H,1-3,8-12H2. The highest BCUT2D eigenvalue weighted by atomic mass is 19.3. The lowest BCUT2D eigenvalue weighted by Gasteiger charge is -2.35. The van der Waals surface area contributed by atoms with Crippen molar-refractivity contribution in [3.8, 4) is 0 Å². The van der Waals surface area contributed by atoms with Crippen molar-refractivity contribution in [1.29, 1.82) is 0 Å². The Morgan fingerprint density at radius 2 is 1.75 bits per heavy atom. The maximum Gasteiger partial charge on any atom is 0.263 e. The second-order valence-corrected chi connectivity index (χ2v) is 5.86. The molecule has 4 heteroatoms. The van der Waals surface area contributed by atoms with Gasteiger partial charge in [0.25, 0.3) is 6.43 Å². The summed E-state index contributed by atoms with van der Waals surface area (Å²) in [5, 5.41) is 13.0. The molecule has 0 aromatic heterocycles. The minimum atomic E-state index is -2.41. The minimum Gasteiger partial charge on any atom is -0.396 e. The van der Waals surface area contributed by atoms with Crippen LogP contribution < -0.4 is 5.32 Å². The average Bonchev–Trinajstić information content (AvgIpc) is 2.49. The number of aliphatic hydroxyl groups is 1. The number of aliphatic hydroxyl groups excluding tert-OH is 1. The lowest BCUT2D eigenvalue weighted by atomic mass is 9.74.